The van der Waals surface area contributed by atoms with Gasteiger partial charge in [-0.1, -0.05) is 6.07 Å². The van der Waals surface area contributed by atoms with Gasteiger partial charge in [0.1, 0.15) is 11.7 Å². The van der Waals surface area contributed by atoms with E-state index < -0.39 is 6.04 Å². The van der Waals surface area contributed by atoms with Crippen molar-refractivity contribution in [2.75, 3.05) is 11.9 Å². The van der Waals surface area contributed by atoms with E-state index >= 15 is 0 Å². The first-order valence-electron chi connectivity index (χ1n) is 9.07. The number of nitrogens with zero attached hydrogens (tertiary/aromatic N) is 1. The molecule has 1 aromatic carbocycles. The van der Waals surface area contributed by atoms with Crippen LogP contribution in [0.15, 0.2) is 36.5 Å². The molecular formula is C20H24N4O3. The van der Waals surface area contributed by atoms with Gasteiger partial charge in [-0.3, -0.25) is 14.4 Å². The van der Waals surface area contributed by atoms with Gasteiger partial charge in [-0.25, -0.2) is 0 Å². The largest absolute Gasteiger partial charge is 0.354 e. The van der Waals surface area contributed by atoms with Gasteiger partial charge in [-0.15, -0.1) is 0 Å². The lowest BCUT2D eigenvalue weighted by molar-refractivity contribution is -0.122. The number of aromatic nitrogens is 1. The fraction of sp³-hybridized carbons (Fsp3) is 0.350. The summed E-state index contributed by atoms with van der Waals surface area (Å²) in [5.41, 5.74) is 2.35. The molecular weight excluding hydrogens is 344 g/mol. The number of hydrogen-bond acceptors (Lipinski definition) is 3. The highest BCUT2D eigenvalue weighted by Gasteiger charge is 2.23. The van der Waals surface area contributed by atoms with Crippen LogP contribution in [0.25, 0.3) is 0 Å². The Kier molecular flexibility index (Phi) is 5.59. The minimum absolute atomic E-state index is 0.148. The molecule has 2 heterocycles. The Morgan fingerprint density at radius 1 is 1.19 bits per heavy atom. The second-order valence-electron chi connectivity index (χ2n) is 6.80. The first-order valence-corrected chi connectivity index (χ1v) is 9.07. The molecule has 7 nitrogen and oxygen atoms in total. The molecule has 0 spiro atoms. The van der Waals surface area contributed by atoms with Gasteiger partial charge in [0.15, 0.2) is 0 Å². The highest BCUT2D eigenvalue weighted by molar-refractivity contribution is 6.05. The number of anilines is 1. The molecule has 3 rings (SSSR count). The fourth-order valence-electron chi connectivity index (χ4n) is 3.10. The third-order valence-corrected chi connectivity index (χ3v) is 4.76. The van der Waals surface area contributed by atoms with Gasteiger partial charge >= 0.3 is 0 Å². The van der Waals surface area contributed by atoms with E-state index in [-0.39, 0.29) is 17.7 Å². The SMILES string of the molecule is Cc1ccc(C(=O)NC2CCCCNC2=O)cc1NC(=O)c1cccn1C. The van der Waals surface area contributed by atoms with Crippen molar-refractivity contribution in [3.63, 3.8) is 0 Å². The molecule has 0 radical (unpaired) electrons. The maximum atomic E-state index is 12.6. The van der Waals surface area contributed by atoms with Crippen LogP contribution in [-0.4, -0.2) is 34.9 Å². The number of benzene rings is 1. The minimum atomic E-state index is -0.525. The van der Waals surface area contributed by atoms with Crippen LogP contribution in [0.4, 0.5) is 5.69 Å². The van der Waals surface area contributed by atoms with Gasteiger partial charge in [-0.05, 0) is 56.0 Å². The Morgan fingerprint density at radius 3 is 2.74 bits per heavy atom. The van der Waals surface area contributed by atoms with Crippen molar-refractivity contribution in [3.05, 3.63) is 53.3 Å². The Hall–Kier alpha value is -3.09. The minimum Gasteiger partial charge on any atom is -0.354 e. The van der Waals surface area contributed by atoms with Crippen LogP contribution in [-0.2, 0) is 11.8 Å². The Balaban J connectivity index is 1.74. The normalized spacial score (nSPS) is 17.0. The van der Waals surface area contributed by atoms with Crippen LogP contribution in [0.3, 0.4) is 0 Å². The van der Waals surface area contributed by atoms with Crippen molar-refractivity contribution in [1.82, 2.24) is 15.2 Å². The predicted octanol–water partition coefficient (Wildman–Crippen LogP) is 1.98. The van der Waals surface area contributed by atoms with Gasteiger partial charge in [0, 0.05) is 31.0 Å². The van der Waals surface area contributed by atoms with Crippen LogP contribution >= 0.6 is 0 Å². The summed E-state index contributed by atoms with van der Waals surface area (Å²) in [6, 6.07) is 8.11. The number of hydrogen-bond donors (Lipinski definition) is 3. The summed E-state index contributed by atoms with van der Waals surface area (Å²) in [6.07, 6.45) is 4.22. The van der Waals surface area contributed by atoms with Crippen LogP contribution < -0.4 is 16.0 Å². The standard InChI is InChI=1S/C20H24N4O3/c1-13-8-9-14(18(25)22-15-6-3-4-10-21-19(15)26)12-16(13)23-20(27)17-7-5-11-24(17)2/h5,7-9,11-12,15H,3-4,6,10H2,1-2H3,(H,21,26)(H,22,25)(H,23,27). The second kappa shape index (κ2) is 8.07. The number of aryl methyl sites for hydroxylation is 2. The molecule has 142 valence electrons. The Bertz CT molecular complexity index is 872. The van der Waals surface area contributed by atoms with Crippen molar-refractivity contribution in [2.24, 2.45) is 7.05 Å². The summed E-state index contributed by atoms with van der Waals surface area (Å²) in [5, 5.41) is 8.45. The molecule has 27 heavy (non-hydrogen) atoms. The number of carbonyl (C=O) groups excluding carboxylic acids is 3. The molecule has 3 N–H and O–H groups in total. The summed E-state index contributed by atoms with van der Waals surface area (Å²) in [6.45, 7) is 2.51. The van der Waals surface area contributed by atoms with Crippen molar-refractivity contribution in [2.45, 2.75) is 32.2 Å². The summed E-state index contributed by atoms with van der Waals surface area (Å²) < 4.78 is 1.73. The molecule has 1 aliphatic heterocycles. The number of amides is 3. The molecule has 3 amide bonds. The van der Waals surface area contributed by atoms with E-state index in [1.54, 1.807) is 48.1 Å². The third-order valence-electron chi connectivity index (χ3n) is 4.76. The summed E-state index contributed by atoms with van der Waals surface area (Å²) in [7, 11) is 1.80. The van der Waals surface area contributed by atoms with Crippen molar-refractivity contribution >= 4 is 23.4 Å². The molecule has 1 unspecified atom stereocenters. The molecule has 1 saturated heterocycles. The smallest absolute Gasteiger partial charge is 0.272 e. The molecule has 0 bridgehead atoms. The number of rotatable bonds is 4. The Labute approximate surface area is 158 Å². The monoisotopic (exact) mass is 368 g/mol. The van der Waals surface area contributed by atoms with Gasteiger partial charge in [0.25, 0.3) is 11.8 Å². The molecule has 1 aromatic heterocycles. The summed E-state index contributed by atoms with van der Waals surface area (Å²) >= 11 is 0. The van der Waals surface area contributed by atoms with E-state index in [9.17, 15) is 14.4 Å². The average molecular weight is 368 g/mol. The predicted molar refractivity (Wildman–Crippen MR) is 103 cm³/mol. The van der Waals surface area contributed by atoms with Gasteiger partial charge < -0.3 is 20.5 Å². The van der Waals surface area contributed by atoms with Crippen LogP contribution in [0.5, 0.6) is 0 Å². The first kappa shape index (κ1) is 18.7. The zero-order valence-electron chi connectivity index (χ0n) is 15.5. The van der Waals surface area contributed by atoms with Gasteiger partial charge in [0.2, 0.25) is 5.91 Å². The zero-order chi connectivity index (χ0) is 19.4. The highest BCUT2D eigenvalue weighted by Crippen LogP contribution is 2.19. The van der Waals surface area contributed by atoms with Crippen LogP contribution in [0, 0.1) is 6.92 Å². The molecule has 7 heteroatoms. The molecule has 0 saturated carbocycles. The summed E-state index contributed by atoms with van der Waals surface area (Å²) in [5.74, 6) is -0.720. The lowest BCUT2D eigenvalue weighted by atomic mass is 10.1. The van der Waals surface area contributed by atoms with E-state index in [4.69, 9.17) is 0 Å². The lowest BCUT2D eigenvalue weighted by Crippen LogP contribution is -2.45. The summed E-state index contributed by atoms with van der Waals surface area (Å²) in [4.78, 5) is 37.1. The second-order valence-corrected chi connectivity index (χ2v) is 6.80. The van der Waals surface area contributed by atoms with E-state index in [0.29, 0.717) is 29.9 Å². The molecule has 1 aliphatic rings. The van der Waals surface area contributed by atoms with Gasteiger partial charge in [0.05, 0.1) is 0 Å². The molecule has 1 fully saturated rings. The van der Waals surface area contributed by atoms with E-state index in [0.717, 1.165) is 18.4 Å². The van der Waals surface area contributed by atoms with Crippen molar-refractivity contribution in [1.29, 1.82) is 0 Å². The van der Waals surface area contributed by atoms with E-state index in [1.165, 1.54) is 0 Å². The van der Waals surface area contributed by atoms with E-state index in [2.05, 4.69) is 16.0 Å². The molecule has 1 atom stereocenters. The maximum Gasteiger partial charge on any atom is 0.272 e. The molecule has 2 aromatic rings. The average Bonchev–Trinajstić information content (AvgIpc) is 2.97. The topological polar surface area (TPSA) is 92.2 Å². The van der Waals surface area contributed by atoms with Crippen molar-refractivity contribution < 1.29 is 14.4 Å². The van der Waals surface area contributed by atoms with Gasteiger partial charge in [-0.2, -0.15) is 0 Å². The van der Waals surface area contributed by atoms with E-state index in [1.807, 2.05) is 6.92 Å². The highest BCUT2D eigenvalue weighted by atomic mass is 16.2. The zero-order valence-corrected chi connectivity index (χ0v) is 15.5. The Morgan fingerprint density at radius 2 is 2.00 bits per heavy atom. The quantitative estimate of drug-likeness (QED) is 0.771. The maximum absolute atomic E-state index is 12.6. The van der Waals surface area contributed by atoms with Crippen molar-refractivity contribution in [3.8, 4) is 0 Å². The third kappa shape index (κ3) is 4.36. The number of nitrogens with one attached hydrogen (secondary N) is 3. The van der Waals surface area contributed by atoms with Crippen LogP contribution in [0.1, 0.15) is 45.7 Å². The molecule has 0 aliphatic carbocycles. The number of carbonyl (C=O) groups is 3. The fourth-order valence-corrected chi connectivity index (χ4v) is 3.10. The van der Waals surface area contributed by atoms with Crippen LogP contribution in [0.2, 0.25) is 0 Å². The first-order chi connectivity index (χ1) is 13.0. The lowest BCUT2D eigenvalue weighted by Gasteiger charge is -2.16.